The van der Waals surface area contributed by atoms with Crippen LogP contribution in [-0.2, 0) is 0 Å². The van der Waals surface area contributed by atoms with Crippen molar-refractivity contribution in [3.8, 4) is 5.75 Å². The fourth-order valence-electron chi connectivity index (χ4n) is 1.82. The van der Waals surface area contributed by atoms with Crippen molar-refractivity contribution in [2.24, 2.45) is 0 Å². The third-order valence-corrected chi connectivity index (χ3v) is 2.94. The second kappa shape index (κ2) is 6.10. The summed E-state index contributed by atoms with van der Waals surface area (Å²) < 4.78 is 5.40. The van der Waals surface area contributed by atoms with E-state index in [1.807, 2.05) is 38.1 Å². The molecule has 0 aliphatic heterocycles. The molecule has 1 amide bonds. The number of aryl methyl sites for hydroxylation is 1. The third-order valence-electron chi connectivity index (χ3n) is 2.94. The van der Waals surface area contributed by atoms with Crippen molar-refractivity contribution in [1.82, 2.24) is 0 Å². The number of nitrogen functional groups attached to an aromatic ring is 1. The monoisotopic (exact) mass is 270 g/mol. The van der Waals surface area contributed by atoms with Crippen LogP contribution in [-0.4, -0.2) is 12.5 Å². The van der Waals surface area contributed by atoms with Crippen LogP contribution in [0.3, 0.4) is 0 Å². The molecular weight excluding hydrogens is 252 g/mol. The largest absolute Gasteiger partial charge is 0.494 e. The van der Waals surface area contributed by atoms with Crippen molar-refractivity contribution >= 4 is 17.3 Å². The van der Waals surface area contributed by atoms with Crippen LogP contribution in [0.4, 0.5) is 11.4 Å². The molecule has 0 heterocycles. The van der Waals surface area contributed by atoms with E-state index in [2.05, 4.69) is 5.32 Å². The standard InChI is InChI=1S/C16H18N2O2/c1-3-20-14-6-4-5-13(10-14)18-16(19)12-8-7-11(2)15(17)9-12/h4-10H,3,17H2,1-2H3,(H,18,19). The molecule has 0 aliphatic rings. The maximum absolute atomic E-state index is 12.1. The molecule has 0 aliphatic carbocycles. The first kappa shape index (κ1) is 13.9. The van der Waals surface area contributed by atoms with Gasteiger partial charge in [0.15, 0.2) is 0 Å². The van der Waals surface area contributed by atoms with Gasteiger partial charge in [-0.1, -0.05) is 12.1 Å². The number of anilines is 2. The minimum Gasteiger partial charge on any atom is -0.494 e. The van der Waals surface area contributed by atoms with E-state index in [0.717, 1.165) is 11.3 Å². The first-order valence-corrected chi connectivity index (χ1v) is 6.50. The summed E-state index contributed by atoms with van der Waals surface area (Å²) in [5, 5.41) is 2.83. The zero-order chi connectivity index (χ0) is 14.5. The Morgan fingerprint density at radius 1 is 1.25 bits per heavy atom. The predicted octanol–water partition coefficient (Wildman–Crippen LogP) is 3.23. The number of nitrogens with two attached hydrogens (primary N) is 1. The number of hydrogen-bond acceptors (Lipinski definition) is 3. The molecule has 0 atom stereocenters. The average molecular weight is 270 g/mol. The Bertz CT molecular complexity index is 624. The van der Waals surface area contributed by atoms with Gasteiger partial charge in [-0.3, -0.25) is 4.79 Å². The fourth-order valence-corrected chi connectivity index (χ4v) is 1.82. The molecule has 0 unspecified atom stereocenters. The van der Waals surface area contributed by atoms with Crippen molar-refractivity contribution in [3.05, 3.63) is 53.6 Å². The molecule has 0 bridgehead atoms. The molecule has 2 aromatic carbocycles. The first-order chi connectivity index (χ1) is 9.60. The zero-order valence-electron chi connectivity index (χ0n) is 11.6. The molecule has 0 spiro atoms. The van der Waals surface area contributed by atoms with Crippen LogP contribution in [0.1, 0.15) is 22.8 Å². The van der Waals surface area contributed by atoms with Crippen LogP contribution in [0.25, 0.3) is 0 Å². The van der Waals surface area contributed by atoms with Gasteiger partial charge >= 0.3 is 0 Å². The minimum atomic E-state index is -0.189. The van der Waals surface area contributed by atoms with E-state index in [1.165, 1.54) is 0 Å². The second-order valence-corrected chi connectivity index (χ2v) is 4.49. The second-order valence-electron chi connectivity index (χ2n) is 4.49. The van der Waals surface area contributed by atoms with E-state index in [4.69, 9.17) is 10.5 Å². The molecule has 0 saturated heterocycles. The number of amides is 1. The Labute approximate surface area is 118 Å². The number of benzene rings is 2. The lowest BCUT2D eigenvalue weighted by Crippen LogP contribution is -2.12. The van der Waals surface area contributed by atoms with Gasteiger partial charge in [0, 0.05) is 23.0 Å². The van der Waals surface area contributed by atoms with Crippen LogP contribution < -0.4 is 15.8 Å². The highest BCUT2D eigenvalue weighted by molar-refractivity contribution is 6.04. The summed E-state index contributed by atoms with van der Waals surface area (Å²) in [6, 6.07) is 12.6. The van der Waals surface area contributed by atoms with Crippen molar-refractivity contribution in [1.29, 1.82) is 0 Å². The summed E-state index contributed by atoms with van der Waals surface area (Å²) in [5.41, 5.74) is 8.62. The van der Waals surface area contributed by atoms with E-state index in [0.29, 0.717) is 23.5 Å². The molecule has 4 nitrogen and oxygen atoms in total. The smallest absolute Gasteiger partial charge is 0.255 e. The molecule has 20 heavy (non-hydrogen) atoms. The number of rotatable bonds is 4. The summed E-state index contributed by atoms with van der Waals surface area (Å²) >= 11 is 0. The van der Waals surface area contributed by atoms with Gasteiger partial charge in [-0.25, -0.2) is 0 Å². The Morgan fingerprint density at radius 3 is 2.75 bits per heavy atom. The highest BCUT2D eigenvalue weighted by atomic mass is 16.5. The molecule has 0 aromatic heterocycles. The van der Waals surface area contributed by atoms with Gasteiger partial charge in [0.05, 0.1) is 6.61 Å². The van der Waals surface area contributed by atoms with Crippen LogP contribution >= 0.6 is 0 Å². The van der Waals surface area contributed by atoms with E-state index in [1.54, 1.807) is 18.2 Å². The average Bonchev–Trinajstić information content (AvgIpc) is 2.42. The topological polar surface area (TPSA) is 64.3 Å². The van der Waals surface area contributed by atoms with Gasteiger partial charge in [0.1, 0.15) is 5.75 Å². The van der Waals surface area contributed by atoms with Gasteiger partial charge in [-0.15, -0.1) is 0 Å². The van der Waals surface area contributed by atoms with E-state index < -0.39 is 0 Å². The van der Waals surface area contributed by atoms with Gasteiger partial charge < -0.3 is 15.8 Å². The van der Waals surface area contributed by atoms with Gasteiger partial charge in [-0.05, 0) is 43.7 Å². The molecule has 2 rings (SSSR count). The molecule has 2 aromatic rings. The summed E-state index contributed by atoms with van der Waals surface area (Å²) in [7, 11) is 0. The lowest BCUT2D eigenvalue weighted by Gasteiger charge is -2.09. The number of nitrogens with one attached hydrogen (secondary N) is 1. The number of ether oxygens (including phenoxy) is 1. The molecule has 0 saturated carbocycles. The normalized spacial score (nSPS) is 10.1. The maximum Gasteiger partial charge on any atom is 0.255 e. The fraction of sp³-hybridized carbons (Fsp3) is 0.188. The summed E-state index contributed by atoms with van der Waals surface area (Å²) in [6.45, 7) is 4.41. The van der Waals surface area contributed by atoms with Crippen LogP contribution in [0.2, 0.25) is 0 Å². The summed E-state index contributed by atoms with van der Waals surface area (Å²) in [6.07, 6.45) is 0. The SMILES string of the molecule is CCOc1cccc(NC(=O)c2ccc(C)c(N)c2)c1. The predicted molar refractivity (Wildman–Crippen MR) is 81.2 cm³/mol. The van der Waals surface area contributed by atoms with Crippen molar-refractivity contribution in [2.75, 3.05) is 17.7 Å². The van der Waals surface area contributed by atoms with Gasteiger partial charge in [0.2, 0.25) is 0 Å². The highest BCUT2D eigenvalue weighted by Crippen LogP contribution is 2.19. The summed E-state index contributed by atoms with van der Waals surface area (Å²) in [4.78, 5) is 12.1. The Morgan fingerprint density at radius 2 is 2.05 bits per heavy atom. The number of hydrogen-bond donors (Lipinski definition) is 2. The van der Waals surface area contributed by atoms with Crippen molar-refractivity contribution < 1.29 is 9.53 Å². The van der Waals surface area contributed by atoms with E-state index in [-0.39, 0.29) is 5.91 Å². The Hall–Kier alpha value is -2.49. The minimum absolute atomic E-state index is 0.189. The maximum atomic E-state index is 12.1. The van der Waals surface area contributed by atoms with Crippen molar-refractivity contribution in [2.45, 2.75) is 13.8 Å². The Kier molecular flexibility index (Phi) is 4.25. The van der Waals surface area contributed by atoms with Crippen molar-refractivity contribution in [3.63, 3.8) is 0 Å². The zero-order valence-corrected chi connectivity index (χ0v) is 11.6. The first-order valence-electron chi connectivity index (χ1n) is 6.50. The van der Waals surface area contributed by atoms with Crippen LogP contribution in [0, 0.1) is 6.92 Å². The number of carbonyl (C=O) groups excluding carboxylic acids is 1. The quantitative estimate of drug-likeness (QED) is 0.838. The lowest BCUT2D eigenvalue weighted by atomic mass is 10.1. The lowest BCUT2D eigenvalue weighted by molar-refractivity contribution is 0.102. The van der Waals surface area contributed by atoms with Gasteiger partial charge in [0.25, 0.3) is 5.91 Å². The molecular formula is C16H18N2O2. The molecule has 0 fully saturated rings. The molecule has 0 radical (unpaired) electrons. The van der Waals surface area contributed by atoms with E-state index in [9.17, 15) is 4.79 Å². The Balaban J connectivity index is 2.14. The number of carbonyl (C=O) groups is 1. The third kappa shape index (κ3) is 3.29. The molecule has 4 heteroatoms. The van der Waals surface area contributed by atoms with Crippen LogP contribution in [0.15, 0.2) is 42.5 Å². The molecule has 3 N–H and O–H groups in total. The van der Waals surface area contributed by atoms with Crippen LogP contribution in [0.5, 0.6) is 5.75 Å². The highest BCUT2D eigenvalue weighted by Gasteiger charge is 2.08. The van der Waals surface area contributed by atoms with E-state index >= 15 is 0 Å². The van der Waals surface area contributed by atoms with Gasteiger partial charge in [-0.2, -0.15) is 0 Å². The summed E-state index contributed by atoms with van der Waals surface area (Å²) in [5.74, 6) is 0.541. The molecule has 104 valence electrons.